The predicted octanol–water partition coefficient (Wildman–Crippen LogP) is 1.48. The Bertz CT molecular complexity index is 537. The number of sulfonamides is 1. The Morgan fingerprint density at radius 1 is 1.38 bits per heavy atom. The minimum Gasteiger partial charge on any atom is -0.389 e. The van der Waals surface area contributed by atoms with Crippen LogP contribution in [0, 0.1) is 5.92 Å². The van der Waals surface area contributed by atoms with Crippen LogP contribution in [0.3, 0.4) is 0 Å². The largest absolute Gasteiger partial charge is 0.389 e. The summed E-state index contributed by atoms with van der Waals surface area (Å²) in [6.45, 7) is 2.28. The first-order chi connectivity index (χ1) is 9.89. The molecule has 0 bridgehead atoms. The Balaban J connectivity index is 1.81. The van der Waals surface area contributed by atoms with Crippen molar-refractivity contribution >= 4 is 10.0 Å². The van der Waals surface area contributed by atoms with Gasteiger partial charge in [-0.3, -0.25) is 4.98 Å². The summed E-state index contributed by atoms with van der Waals surface area (Å²) in [6.07, 6.45) is 5.26. The van der Waals surface area contributed by atoms with Crippen molar-refractivity contribution in [1.29, 1.82) is 0 Å². The summed E-state index contributed by atoms with van der Waals surface area (Å²) in [5.41, 5.74) is -0.127. The van der Waals surface area contributed by atoms with Crippen LogP contribution in [-0.2, 0) is 16.4 Å². The van der Waals surface area contributed by atoms with Crippen LogP contribution in [0.4, 0.5) is 0 Å². The molecule has 0 amide bonds. The third-order valence-electron chi connectivity index (χ3n) is 4.18. The van der Waals surface area contributed by atoms with Gasteiger partial charge in [0.2, 0.25) is 10.0 Å². The van der Waals surface area contributed by atoms with E-state index in [1.165, 1.54) is 0 Å². The summed E-state index contributed by atoms with van der Waals surface area (Å²) in [6, 6.07) is 5.45. The van der Waals surface area contributed by atoms with Gasteiger partial charge in [-0.1, -0.05) is 13.0 Å². The van der Waals surface area contributed by atoms with E-state index in [0.717, 1.165) is 18.5 Å². The quantitative estimate of drug-likeness (QED) is 0.834. The second kappa shape index (κ2) is 6.85. The van der Waals surface area contributed by atoms with Gasteiger partial charge < -0.3 is 5.11 Å². The Kier molecular flexibility index (Phi) is 5.35. The van der Waals surface area contributed by atoms with E-state index in [9.17, 15) is 13.5 Å². The first-order valence-corrected chi connectivity index (χ1v) is 9.13. The minimum atomic E-state index is -3.38. The summed E-state index contributed by atoms with van der Waals surface area (Å²) in [5.74, 6) is 0.613. The highest BCUT2D eigenvalue weighted by Gasteiger charge is 2.32. The van der Waals surface area contributed by atoms with Crippen LogP contribution >= 0.6 is 0 Å². The maximum Gasteiger partial charge on any atom is 0.212 e. The number of pyridine rings is 1. The summed E-state index contributed by atoms with van der Waals surface area (Å²) < 4.78 is 26.6. The first-order valence-electron chi connectivity index (χ1n) is 7.48. The molecule has 2 rings (SSSR count). The molecule has 21 heavy (non-hydrogen) atoms. The molecule has 0 atom stereocenters. The van der Waals surface area contributed by atoms with E-state index in [2.05, 4.69) is 16.6 Å². The zero-order chi connectivity index (χ0) is 15.3. The molecule has 0 radical (unpaired) electrons. The SMILES string of the molecule is CC1CCC(O)(CNS(=O)(=O)CCc2ccccn2)CC1. The van der Waals surface area contributed by atoms with Crippen molar-refractivity contribution in [3.8, 4) is 0 Å². The fourth-order valence-electron chi connectivity index (χ4n) is 2.58. The smallest absolute Gasteiger partial charge is 0.212 e. The van der Waals surface area contributed by atoms with E-state index >= 15 is 0 Å². The Morgan fingerprint density at radius 2 is 2.10 bits per heavy atom. The van der Waals surface area contributed by atoms with Gasteiger partial charge in [-0.15, -0.1) is 0 Å². The maximum absolute atomic E-state index is 12.0. The van der Waals surface area contributed by atoms with Gasteiger partial charge in [-0.2, -0.15) is 0 Å². The van der Waals surface area contributed by atoms with Crippen molar-refractivity contribution < 1.29 is 13.5 Å². The average Bonchev–Trinajstić information content (AvgIpc) is 2.48. The number of hydrogen-bond donors (Lipinski definition) is 2. The standard InChI is InChI=1S/C15H24N2O3S/c1-13-5-8-15(18,9-6-13)12-17-21(19,20)11-7-14-4-2-3-10-16-14/h2-4,10,13,17-18H,5-9,11-12H2,1H3. The lowest BCUT2D eigenvalue weighted by atomic mass is 9.80. The van der Waals surface area contributed by atoms with Crippen LogP contribution in [0.5, 0.6) is 0 Å². The van der Waals surface area contributed by atoms with E-state index in [1.54, 1.807) is 12.3 Å². The fourth-order valence-corrected chi connectivity index (χ4v) is 3.69. The highest BCUT2D eigenvalue weighted by atomic mass is 32.2. The number of nitrogens with one attached hydrogen (secondary N) is 1. The molecule has 0 unspecified atom stereocenters. The molecule has 5 nitrogen and oxygen atoms in total. The van der Waals surface area contributed by atoms with E-state index < -0.39 is 15.6 Å². The summed E-state index contributed by atoms with van der Waals surface area (Å²) >= 11 is 0. The predicted molar refractivity (Wildman–Crippen MR) is 82.3 cm³/mol. The zero-order valence-corrected chi connectivity index (χ0v) is 13.3. The molecule has 1 aliphatic rings. The number of nitrogens with zero attached hydrogens (tertiary/aromatic N) is 1. The Morgan fingerprint density at radius 3 is 2.71 bits per heavy atom. The van der Waals surface area contributed by atoms with Crippen LogP contribution in [0.25, 0.3) is 0 Å². The molecule has 1 saturated carbocycles. The average molecular weight is 312 g/mol. The van der Waals surface area contributed by atoms with Gasteiger partial charge in [-0.25, -0.2) is 13.1 Å². The maximum atomic E-state index is 12.0. The van der Waals surface area contributed by atoms with Gasteiger partial charge in [0.1, 0.15) is 0 Å². The molecule has 0 saturated heterocycles. The third kappa shape index (κ3) is 5.37. The highest BCUT2D eigenvalue weighted by molar-refractivity contribution is 7.89. The molecule has 1 aromatic rings. The van der Waals surface area contributed by atoms with Crippen LogP contribution < -0.4 is 4.72 Å². The lowest BCUT2D eigenvalue weighted by Gasteiger charge is -2.34. The van der Waals surface area contributed by atoms with E-state index in [0.29, 0.717) is 25.2 Å². The number of hydrogen-bond acceptors (Lipinski definition) is 4. The van der Waals surface area contributed by atoms with Crippen molar-refractivity contribution in [2.75, 3.05) is 12.3 Å². The van der Waals surface area contributed by atoms with Crippen molar-refractivity contribution in [1.82, 2.24) is 9.71 Å². The second-order valence-corrected chi connectivity index (χ2v) is 8.04. The first kappa shape index (κ1) is 16.4. The van der Waals surface area contributed by atoms with Crippen LogP contribution in [-0.4, -0.2) is 36.4 Å². The molecule has 1 heterocycles. The number of aliphatic hydroxyl groups is 1. The van der Waals surface area contributed by atoms with Crippen molar-refractivity contribution in [3.05, 3.63) is 30.1 Å². The van der Waals surface area contributed by atoms with Gasteiger partial charge in [0.05, 0.1) is 11.4 Å². The van der Waals surface area contributed by atoms with E-state index in [-0.39, 0.29) is 12.3 Å². The zero-order valence-electron chi connectivity index (χ0n) is 12.5. The number of aromatic nitrogens is 1. The lowest BCUT2D eigenvalue weighted by Crippen LogP contribution is -2.45. The van der Waals surface area contributed by atoms with Crippen LogP contribution in [0.15, 0.2) is 24.4 Å². The van der Waals surface area contributed by atoms with Gasteiger partial charge in [0, 0.05) is 24.9 Å². The van der Waals surface area contributed by atoms with Crippen LogP contribution in [0.2, 0.25) is 0 Å². The summed E-state index contributed by atoms with van der Waals surface area (Å²) in [4.78, 5) is 4.11. The Hall–Kier alpha value is -0.980. The summed E-state index contributed by atoms with van der Waals surface area (Å²) in [5, 5.41) is 10.4. The monoisotopic (exact) mass is 312 g/mol. The fraction of sp³-hybridized carbons (Fsp3) is 0.667. The van der Waals surface area contributed by atoms with Crippen LogP contribution in [0.1, 0.15) is 38.3 Å². The lowest BCUT2D eigenvalue weighted by molar-refractivity contribution is -0.00182. The molecule has 1 aliphatic carbocycles. The van der Waals surface area contributed by atoms with Gasteiger partial charge in [0.25, 0.3) is 0 Å². The van der Waals surface area contributed by atoms with Gasteiger partial charge >= 0.3 is 0 Å². The van der Waals surface area contributed by atoms with Gasteiger partial charge in [-0.05, 0) is 43.7 Å². The van der Waals surface area contributed by atoms with E-state index in [1.807, 2.05) is 12.1 Å². The molecule has 0 aliphatic heterocycles. The normalized spacial score (nSPS) is 26.7. The van der Waals surface area contributed by atoms with Crippen molar-refractivity contribution in [2.45, 2.75) is 44.6 Å². The van der Waals surface area contributed by atoms with Crippen molar-refractivity contribution in [2.24, 2.45) is 5.92 Å². The van der Waals surface area contributed by atoms with Gasteiger partial charge in [0.15, 0.2) is 0 Å². The second-order valence-electron chi connectivity index (χ2n) is 6.12. The molecular weight excluding hydrogens is 288 g/mol. The number of rotatable bonds is 6. The Labute approximate surface area is 126 Å². The molecule has 6 heteroatoms. The molecule has 1 aromatic heterocycles. The third-order valence-corrected chi connectivity index (χ3v) is 5.50. The molecule has 0 aromatic carbocycles. The summed E-state index contributed by atoms with van der Waals surface area (Å²) in [7, 11) is -3.38. The minimum absolute atomic E-state index is 0.00348. The molecule has 2 N–H and O–H groups in total. The molecule has 118 valence electrons. The molecule has 1 fully saturated rings. The van der Waals surface area contributed by atoms with Crippen molar-refractivity contribution in [3.63, 3.8) is 0 Å². The highest BCUT2D eigenvalue weighted by Crippen LogP contribution is 2.31. The topological polar surface area (TPSA) is 79.3 Å². The van der Waals surface area contributed by atoms with E-state index in [4.69, 9.17) is 0 Å². The molecular formula is C15H24N2O3S. The number of aryl methyl sites for hydroxylation is 1. The molecule has 0 spiro atoms.